The van der Waals surface area contributed by atoms with Gasteiger partial charge < -0.3 is 10.1 Å². The topological polar surface area (TPSA) is 142 Å². The number of anilines is 1. The number of nitro groups is 2. The van der Waals surface area contributed by atoms with Crippen molar-refractivity contribution >= 4 is 28.9 Å². The van der Waals surface area contributed by atoms with Crippen molar-refractivity contribution in [1.82, 2.24) is 0 Å². The summed E-state index contributed by atoms with van der Waals surface area (Å²) < 4.78 is 4.51. The Labute approximate surface area is 140 Å². The van der Waals surface area contributed by atoms with E-state index >= 15 is 0 Å². The lowest BCUT2D eigenvalue weighted by Crippen LogP contribution is -2.13. The van der Waals surface area contributed by atoms with Gasteiger partial charge in [0.1, 0.15) is 0 Å². The van der Waals surface area contributed by atoms with E-state index in [2.05, 4.69) is 10.1 Å². The fourth-order valence-corrected chi connectivity index (χ4v) is 1.99. The van der Waals surface area contributed by atoms with E-state index in [1.54, 1.807) is 0 Å². The number of methoxy groups -OCH3 is 1. The fourth-order valence-electron chi connectivity index (χ4n) is 1.99. The molecule has 0 bridgehead atoms. The molecular formula is C15H11N3O7. The number of carbonyl (C=O) groups is 2. The zero-order chi connectivity index (χ0) is 18.6. The van der Waals surface area contributed by atoms with Crippen LogP contribution in [0.5, 0.6) is 0 Å². The molecule has 1 amide bonds. The Balaban J connectivity index is 2.35. The fraction of sp³-hybridized carbons (Fsp3) is 0.0667. The number of amides is 1. The number of hydrogen-bond donors (Lipinski definition) is 1. The van der Waals surface area contributed by atoms with Crippen LogP contribution in [0, 0.1) is 20.2 Å². The number of nitrogens with one attached hydrogen (secondary N) is 1. The molecule has 10 nitrogen and oxygen atoms in total. The van der Waals surface area contributed by atoms with Crippen LogP contribution in [-0.4, -0.2) is 28.8 Å². The van der Waals surface area contributed by atoms with Gasteiger partial charge in [-0.05, 0) is 12.1 Å². The second kappa shape index (κ2) is 7.17. The Morgan fingerprint density at radius 2 is 1.60 bits per heavy atom. The molecule has 0 fully saturated rings. The van der Waals surface area contributed by atoms with E-state index in [9.17, 15) is 29.8 Å². The lowest BCUT2D eigenvalue weighted by atomic mass is 10.1. The van der Waals surface area contributed by atoms with E-state index in [0.717, 1.165) is 25.3 Å². The minimum absolute atomic E-state index is 0.0136. The van der Waals surface area contributed by atoms with Gasteiger partial charge in [0, 0.05) is 35.5 Å². The van der Waals surface area contributed by atoms with Gasteiger partial charge in [-0.25, -0.2) is 4.79 Å². The van der Waals surface area contributed by atoms with Gasteiger partial charge in [0.15, 0.2) is 0 Å². The molecule has 0 radical (unpaired) electrons. The average Bonchev–Trinajstić information content (AvgIpc) is 2.60. The van der Waals surface area contributed by atoms with E-state index in [4.69, 9.17) is 0 Å². The van der Waals surface area contributed by atoms with Crippen LogP contribution < -0.4 is 5.32 Å². The van der Waals surface area contributed by atoms with Crippen molar-refractivity contribution in [3.05, 3.63) is 73.8 Å². The summed E-state index contributed by atoms with van der Waals surface area (Å²) in [6.45, 7) is 0. The van der Waals surface area contributed by atoms with Crippen molar-refractivity contribution < 1.29 is 24.2 Å². The van der Waals surface area contributed by atoms with E-state index in [-0.39, 0.29) is 22.5 Å². The summed E-state index contributed by atoms with van der Waals surface area (Å²) in [5, 5.41) is 24.1. The largest absolute Gasteiger partial charge is 0.465 e. The number of esters is 1. The zero-order valence-electron chi connectivity index (χ0n) is 12.8. The number of ether oxygens (including phenoxy) is 1. The van der Waals surface area contributed by atoms with Crippen LogP contribution in [0.2, 0.25) is 0 Å². The summed E-state index contributed by atoms with van der Waals surface area (Å²) in [7, 11) is 1.11. The van der Waals surface area contributed by atoms with Crippen molar-refractivity contribution in [2.75, 3.05) is 12.4 Å². The van der Waals surface area contributed by atoms with Gasteiger partial charge in [0.05, 0.1) is 22.5 Å². The Morgan fingerprint density at radius 1 is 0.960 bits per heavy atom. The molecule has 2 aromatic rings. The Bertz CT molecular complexity index is 879. The minimum atomic E-state index is -0.811. The van der Waals surface area contributed by atoms with Crippen molar-refractivity contribution in [2.24, 2.45) is 0 Å². The molecule has 0 saturated heterocycles. The van der Waals surface area contributed by atoms with Gasteiger partial charge in [-0.15, -0.1) is 0 Å². The maximum Gasteiger partial charge on any atom is 0.338 e. The second-order valence-electron chi connectivity index (χ2n) is 4.78. The van der Waals surface area contributed by atoms with Crippen LogP contribution in [-0.2, 0) is 4.74 Å². The Hall–Kier alpha value is -3.82. The van der Waals surface area contributed by atoms with E-state index in [1.165, 1.54) is 24.3 Å². The minimum Gasteiger partial charge on any atom is -0.465 e. The van der Waals surface area contributed by atoms with Crippen LogP contribution in [0.4, 0.5) is 17.1 Å². The van der Waals surface area contributed by atoms with Crippen molar-refractivity contribution in [3.63, 3.8) is 0 Å². The first kappa shape index (κ1) is 17.5. The standard InChI is InChI=1S/C15H11N3O7/c1-25-15(20)10-5-11(8-13(7-10)18(23)24)16-14(19)9-3-2-4-12(6-9)17(21)22/h2-8H,1H3,(H,16,19). The second-order valence-corrected chi connectivity index (χ2v) is 4.78. The molecule has 0 heterocycles. The molecule has 0 spiro atoms. The molecule has 0 aliphatic heterocycles. The van der Waals surface area contributed by atoms with E-state index < -0.39 is 27.4 Å². The summed E-state index contributed by atoms with van der Waals surface area (Å²) in [5.74, 6) is -1.53. The first-order chi connectivity index (χ1) is 11.8. The number of benzene rings is 2. The number of rotatable bonds is 5. The molecule has 0 saturated carbocycles. The SMILES string of the molecule is COC(=O)c1cc(NC(=O)c2cccc([N+](=O)[O-])c2)cc([N+](=O)[O-])c1. The molecular weight excluding hydrogens is 334 g/mol. The predicted octanol–water partition coefficient (Wildman–Crippen LogP) is 2.54. The molecule has 0 aromatic heterocycles. The van der Waals surface area contributed by atoms with E-state index in [1.807, 2.05) is 0 Å². The number of nitrogens with zero attached hydrogens (tertiary/aromatic N) is 2. The maximum absolute atomic E-state index is 12.2. The van der Waals surface area contributed by atoms with Crippen LogP contribution in [0.25, 0.3) is 0 Å². The van der Waals surface area contributed by atoms with Crippen LogP contribution in [0.1, 0.15) is 20.7 Å². The average molecular weight is 345 g/mol. The highest BCUT2D eigenvalue weighted by molar-refractivity contribution is 6.05. The number of hydrogen-bond acceptors (Lipinski definition) is 7. The normalized spacial score (nSPS) is 9.96. The quantitative estimate of drug-likeness (QED) is 0.498. The van der Waals surface area contributed by atoms with Crippen molar-refractivity contribution in [3.8, 4) is 0 Å². The predicted molar refractivity (Wildman–Crippen MR) is 85.5 cm³/mol. The van der Waals surface area contributed by atoms with Crippen molar-refractivity contribution in [2.45, 2.75) is 0 Å². The molecule has 0 aliphatic carbocycles. The van der Waals surface area contributed by atoms with Gasteiger partial charge in [0.2, 0.25) is 0 Å². The molecule has 0 unspecified atom stereocenters. The third kappa shape index (κ3) is 4.13. The van der Waals surface area contributed by atoms with Crippen LogP contribution in [0.3, 0.4) is 0 Å². The molecule has 10 heteroatoms. The number of carbonyl (C=O) groups excluding carboxylic acids is 2. The highest BCUT2D eigenvalue weighted by Gasteiger charge is 2.17. The summed E-state index contributed by atoms with van der Waals surface area (Å²) in [6.07, 6.45) is 0. The highest BCUT2D eigenvalue weighted by atomic mass is 16.6. The smallest absolute Gasteiger partial charge is 0.338 e. The van der Waals surface area contributed by atoms with E-state index in [0.29, 0.717) is 0 Å². The first-order valence-corrected chi connectivity index (χ1v) is 6.75. The molecule has 2 rings (SSSR count). The lowest BCUT2D eigenvalue weighted by Gasteiger charge is -2.07. The zero-order valence-corrected chi connectivity index (χ0v) is 12.8. The maximum atomic E-state index is 12.2. The van der Waals surface area contributed by atoms with Gasteiger partial charge in [-0.3, -0.25) is 25.0 Å². The van der Waals surface area contributed by atoms with Gasteiger partial charge in [0.25, 0.3) is 17.3 Å². The summed E-state index contributed by atoms with van der Waals surface area (Å²) in [6, 6.07) is 8.24. The van der Waals surface area contributed by atoms with Gasteiger partial charge in [-0.2, -0.15) is 0 Å². The molecule has 0 atom stereocenters. The van der Waals surface area contributed by atoms with Gasteiger partial charge >= 0.3 is 5.97 Å². The number of nitro benzene ring substituents is 2. The third-order valence-electron chi connectivity index (χ3n) is 3.13. The third-order valence-corrected chi connectivity index (χ3v) is 3.13. The monoisotopic (exact) mass is 345 g/mol. The molecule has 2 aromatic carbocycles. The molecule has 128 valence electrons. The molecule has 0 aliphatic rings. The Kier molecular flexibility index (Phi) is 5.03. The Morgan fingerprint density at radius 3 is 2.20 bits per heavy atom. The van der Waals surface area contributed by atoms with Gasteiger partial charge in [-0.1, -0.05) is 6.07 Å². The first-order valence-electron chi connectivity index (χ1n) is 6.75. The summed E-state index contributed by atoms with van der Waals surface area (Å²) >= 11 is 0. The van der Waals surface area contributed by atoms with Crippen LogP contribution in [0.15, 0.2) is 42.5 Å². The van der Waals surface area contributed by atoms with Crippen molar-refractivity contribution in [1.29, 1.82) is 0 Å². The molecule has 1 N–H and O–H groups in total. The lowest BCUT2D eigenvalue weighted by molar-refractivity contribution is -0.385. The summed E-state index contributed by atoms with van der Waals surface area (Å²) in [5.41, 5.74) is -0.850. The van der Waals surface area contributed by atoms with Crippen LogP contribution >= 0.6 is 0 Å². The molecule has 25 heavy (non-hydrogen) atoms. The summed E-state index contributed by atoms with van der Waals surface area (Å²) in [4.78, 5) is 44.1. The number of non-ortho nitro benzene ring substituents is 2. The highest BCUT2D eigenvalue weighted by Crippen LogP contribution is 2.23.